The first-order valence-corrected chi connectivity index (χ1v) is 7.75. The molecule has 1 aromatic rings. The van der Waals surface area contributed by atoms with Gasteiger partial charge in [-0.3, -0.25) is 4.79 Å². The summed E-state index contributed by atoms with van der Waals surface area (Å²) in [7, 11) is 0. The van der Waals surface area contributed by atoms with E-state index in [0.717, 1.165) is 36.9 Å². The Morgan fingerprint density at radius 1 is 1.25 bits per heavy atom. The topological polar surface area (TPSA) is 46.3 Å². The SMILES string of the molecule is CCC1CCCCCN1C(=O)c1ccc(C(N)=S)cc1. The number of carbonyl (C=O) groups is 1. The normalized spacial score (nSPS) is 19.4. The van der Waals surface area contributed by atoms with Crippen molar-refractivity contribution in [3.05, 3.63) is 35.4 Å². The summed E-state index contributed by atoms with van der Waals surface area (Å²) in [6.45, 7) is 3.03. The highest BCUT2D eigenvalue weighted by molar-refractivity contribution is 7.80. The highest BCUT2D eigenvalue weighted by atomic mass is 32.1. The molecule has 0 radical (unpaired) electrons. The molecule has 1 amide bonds. The van der Waals surface area contributed by atoms with E-state index in [2.05, 4.69) is 6.92 Å². The molecule has 108 valence electrons. The van der Waals surface area contributed by atoms with Gasteiger partial charge in [-0.05, 0) is 31.4 Å². The molecular weight excluding hydrogens is 268 g/mol. The molecule has 2 N–H and O–H groups in total. The van der Waals surface area contributed by atoms with Crippen molar-refractivity contribution in [3.8, 4) is 0 Å². The third-order valence-electron chi connectivity index (χ3n) is 4.03. The summed E-state index contributed by atoms with van der Waals surface area (Å²) >= 11 is 4.93. The second kappa shape index (κ2) is 6.84. The number of thiocarbonyl (C=S) groups is 1. The molecule has 4 heteroatoms. The summed E-state index contributed by atoms with van der Waals surface area (Å²) in [6.07, 6.45) is 5.69. The Bertz CT molecular complexity index is 484. The molecule has 2 rings (SSSR count). The van der Waals surface area contributed by atoms with Crippen LogP contribution < -0.4 is 5.73 Å². The lowest BCUT2D eigenvalue weighted by molar-refractivity contribution is 0.0678. The van der Waals surface area contributed by atoms with Crippen LogP contribution in [0, 0.1) is 0 Å². The minimum Gasteiger partial charge on any atom is -0.389 e. The summed E-state index contributed by atoms with van der Waals surface area (Å²) in [4.78, 5) is 15.1. The first-order valence-electron chi connectivity index (χ1n) is 7.34. The minimum absolute atomic E-state index is 0.133. The monoisotopic (exact) mass is 290 g/mol. The number of likely N-dealkylation sites (tertiary alicyclic amines) is 1. The Kier molecular flexibility index (Phi) is 5.12. The van der Waals surface area contributed by atoms with E-state index in [4.69, 9.17) is 18.0 Å². The van der Waals surface area contributed by atoms with E-state index in [0.29, 0.717) is 11.0 Å². The molecule has 20 heavy (non-hydrogen) atoms. The second-order valence-electron chi connectivity index (χ2n) is 5.35. The van der Waals surface area contributed by atoms with E-state index in [1.807, 2.05) is 29.2 Å². The fourth-order valence-electron chi connectivity index (χ4n) is 2.81. The number of hydrogen-bond donors (Lipinski definition) is 1. The van der Waals surface area contributed by atoms with E-state index >= 15 is 0 Å². The molecule has 1 heterocycles. The maximum Gasteiger partial charge on any atom is 0.254 e. The summed E-state index contributed by atoms with van der Waals surface area (Å²) in [5.74, 6) is 0.133. The van der Waals surface area contributed by atoms with Gasteiger partial charge >= 0.3 is 0 Å². The van der Waals surface area contributed by atoms with Crippen LogP contribution in [0.4, 0.5) is 0 Å². The predicted molar refractivity (Wildman–Crippen MR) is 85.9 cm³/mol. The molecule has 3 nitrogen and oxygen atoms in total. The standard InChI is InChI=1S/C16H22N2OS/c1-2-14-6-4-3-5-11-18(14)16(19)13-9-7-12(8-10-13)15(17)20/h7-10,14H,2-6,11H2,1H3,(H2,17,20). The molecular formula is C16H22N2OS. The van der Waals surface area contributed by atoms with Crippen LogP contribution >= 0.6 is 12.2 Å². The van der Waals surface area contributed by atoms with Crippen LogP contribution in [0.1, 0.15) is 54.9 Å². The van der Waals surface area contributed by atoms with Crippen molar-refractivity contribution in [2.75, 3.05) is 6.54 Å². The maximum absolute atomic E-state index is 12.7. The fourth-order valence-corrected chi connectivity index (χ4v) is 2.95. The van der Waals surface area contributed by atoms with Gasteiger partial charge in [-0.25, -0.2) is 0 Å². The van der Waals surface area contributed by atoms with E-state index < -0.39 is 0 Å². The number of benzene rings is 1. The van der Waals surface area contributed by atoms with E-state index in [9.17, 15) is 4.79 Å². The van der Waals surface area contributed by atoms with Crippen molar-refractivity contribution in [2.24, 2.45) is 5.73 Å². The second-order valence-corrected chi connectivity index (χ2v) is 5.79. The quantitative estimate of drug-likeness (QED) is 0.870. The van der Waals surface area contributed by atoms with Gasteiger partial charge in [0.2, 0.25) is 0 Å². The van der Waals surface area contributed by atoms with Gasteiger partial charge in [-0.2, -0.15) is 0 Å². The lowest BCUT2D eigenvalue weighted by Gasteiger charge is -2.29. The zero-order valence-corrected chi connectivity index (χ0v) is 12.8. The Labute approximate surface area is 126 Å². The summed E-state index contributed by atoms with van der Waals surface area (Å²) in [5, 5.41) is 0. The van der Waals surface area contributed by atoms with Gasteiger partial charge < -0.3 is 10.6 Å². The Morgan fingerprint density at radius 2 is 1.90 bits per heavy atom. The van der Waals surface area contributed by atoms with Crippen LogP contribution in [0.25, 0.3) is 0 Å². The van der Waals surface area contributed by atoms with Crippen molar-refractivity contribution in [1.82, 2.24) is 4.90 Å². The molecule has 0 saturated carbocycles. The van der Waals surface area contributed by atoms with Crippen molar-refractivity contribution in [2.45, 2.75) is 45.1 Å². The molecule has 1 aliphatic rings. The highest BCUT2D eigenvalue weighted by Gasteiger charge is 2.24. The number of nitrogens with zero attached hydrogens (tertiary/aromatic N) is 1. The molecule has 1 saturated heterocycles. The number of carbonyl (C=O) groups excluding carboxylic acids is 1. The molecule has 0 aliphatic carbocycles. The zero-order valence-electron chi connectivity index (χ0n) is 12.0. The Balaban J connectivity index is 2.17. The molecule has 0 bridgehead atoms. The van der Waals surface area contributed by atoms with Crippen LogP contribution in [0.2, 0.25) is 0 Å². The Morgan fingerprint density at radius 3 is 2.50 bits per heavy atom. The van der Waals surface area contributed by atoms with Crippen molar-refractivity contribution in [1.29, 1.82) is 0 Å². The van der Waals surface area contributed by atoms with Gasteiger partial charge in [-0.15, -0.1) is 0 Å². The molecule has 1 unspecified atom stereocenters. The average Bonchev–Trinajstić information content (AvgIpc) is 2.71. The van der Waals surface area contributed by atoms with E-state index in [-0.39, 0.29) is 5.91 Å². The van der Waals surface area contributed by atoms with Gasteiger partial charge in [0.1, 0.15) is 4.99 Å². The van der Waals surface area contributed by atoms with Gasteiger partial charge in [0.15, 0.2) is 0 Å². The number of rotatable bonds is 3. The van der Waals surface area contributed by atoms with E-state index in [1.54, 1.807) is 0 Å². The minimum atomic E-state index is 0.133. The third kappa shape index (κ3) is 3.37. The summed E-state index contributed by atoms with van der Waals surface area (Å²) < 4.78 is 0. The summed E-state index contributed by atoms with van der Waals surface area (Å²) in [6, 6.07) is 7.69. The van der Waals surface area contributed by atoms with Gasteiger partial charge in [0.05, 0.1) is 0 Å². The predicted octanol–water partition coefficient (Wildman–Crippen LogP) is 3.12. The third-order valence-corrected chi connectivity index (χ3v) is 4.26. The first-order chi connectivity index (χ1) is 9.63. The lowest BCUT2D eigenvalue weighted by Crippen LogP contribution is -2.39. The van der Waals surface area contributed by atoms with Gasteiger partial charge in [0.25, 0.3) is 5.91 Å². The van der Waals surface area contributed by atoms with Crippen LogP contribution in [0.3, 0.4) is 0 Å². The molecule has 1 atom stereocenters. The fraction of sp³-hybridized carbons (Fsp3) is 0.500. The number of amides is 1. The van der Waals surface area contributed by atoms with Crippen LogP contribution in [0.5, 0.6) is 0 Å². The molecule has 0 aromatic heterocycles. The summed E-state index contributed by atoms with van der Waals surface area (Å²) in [5.41, 5.74) is 7.12. The largest absolute Gasteiger partial charge is 0.389 e. The van der Waals surface area contributed by atoms with Gasteiger partial charge in [0, 0.05) is 23.7 Å². The van der Waals surface area contributed by atoms with E-state index in [1.165, 1.54) is 12.8 Å². The molecule has 1 aromatic carbocycles. The first kappa shape index (κ1) is 15.0. The average molecular weight is 290 g/mol. The molecule has 0 spiro atoms. The van der Waals surface area contributed by atoms with Crippen molar-refractivity contribution < 1.29 is 4.79 Å². The highest BCUT2D eigenvalue weighted by Crippen LogP contribution is 2.21. The molecule has 1 aliphatic heterocycles. The Hall–Kier alpha value is -1.42. The zero-order chi connectivity index (χ0) is 14.5. The van der Waals surface area contributed by atoms with Gasteiger partial charge in [-0.1, -0.05) is 44.1 Å². The van der Waals surface area contributed by atoms with Crippen molar-refractivity contribution in [3.63, 3.8) is 0 Å². The lowest BCUT2D eigenvalue weighted by atomic mass is 10.1. The van der Waals surface area contributed by atoms with Crippen LogP contribution in [-0.2, 0) is 0 Å². The number of nitrogens with two attached hydrogens (primary N) is 1. The maximum atomic E-state index is 12.7. The van der Waals surface area contributed by atoms with Crippen LogP contribution in [-0.4, -0.2) is 28.4 Å². The number of hydrogen-bond acceptors (Lipinski definition) is 2. The van der Waals surface area contributed by atoms with Crippen LogP contribution in [0.15, 0.2) is 24.3 Å². The van der Waals surface area contributed by atoms with Crippen molar-refractivity contribution >= 4 is 23.1 Å². The molecule has 1 fully saturated rings. The smallest absolute Gasteiger partial charge is 0.254 e.